The van der Waals surface area contributed by atoms with Crippen molar-refractivity contribution < 1.29 is 36.3 Å². The molecular weight excluding hydrogens is 413 g/mol. The summed E-state index contributed by atoms with van der Waals surface area (Å²) in [6.07, 6.45) is -2.10. The van der Waals surface area contributed by atoms with E-state index in [0.29, 0.717) is 12.2 Å². The number of rotatable bonds is 6. The number of pyridine rings is 1. The van der Waals surface area contributed by atoms with Crippen LogP contribution in [0.1, 0.15) is 19.5 Å². The Morgan fingerprint density at radius 3 is 2.39 bits per heavy atom. The molecule has 0 aliphatic rings. The second-order valence-electron chi connectivity index (χ2n) is 5.44. The van der Waals surface area contributed by atoms with E-state index in [1.54, 1.807) is 6.92 Å². The third-order valence-electron chi connectivity index (χ3n) is 3.56. The summed E-state index contributed by atoms with van der Waals surface area (Å²) in [4.78, 5) is 20.2. The first-order valence-electron chi connectivity index (χ1n) is 7.76. The Morgan fingerprint density at radius 2 is 1.89 bits per heavy atom. The minimum Gasteiger partial charge on any atom is -0.434 e. The van der Waals surface area contributed by atoms with Crippen molar-refractivity contribution >= 4 is 17.8 Å². The summed E-state index contributed by atoms with van der Waals surface area (Å²) >= 11 is 6.05. The van der Waals surface area contributed by atoms with Crippen molar-refractivity contribution in [3.05, 3.63) is 29.2 Å². The highest BCUT2D eigenvalue weighted by atomic mass is 35.5. The predicted molar refractivity (Wildman–Crippen MR) is 86.7 cm³/mol. The van der Waals surface area contributed by atoms with Gasteiger partial charge in [-0.15, -0.1) is 0 Å². The Kier molecular flexibility index (Phi) is 8.52. The van der Waals surface area contributed by atoms with Crippen molar-refractivity contribution in [3.63, 3.8) is 0 Å². The molecule has 2 rings (SSSR count). The fraction of sp³-hybridized carbons (Fsp3) is 0.438. The lowest BCUT2D eigenvalue weighted by atomic mass is 10.0. The van der Waals surface area contributed by atoms with Crippen LogP contribution in [0.5, 0.6) is 5.75 Å². The Morgan fingerprint density at radius 1 is 1.29 bits per heavy atom. The number of carbonyl (C=O) groups excluding carboxylic acids is 2. The van der Waals surface area contributed by atoms with Gasteiger partial charge in [-0.3, -0.25) is 9.67 Å². The topological polar surface area (TPSA) is 74.1 Å². The summed E-state index contributed by atoms with van der Waals surface area (Å²) in [5, 5.41) is 4.19. The van der Waals surface area contributed by atoms with Crippen molar-refractivity contribution in [1.82, 2.24) is 14.8 Å². The Balaban J connectivity index is 0.00000122. The fourth-order valence-electron chi connectivity index (χ4n) is 2.26. The lowest BCUT2D eigenvalue weighted by Gasteiger charge is -2.17. The maximum atomic E-state index is 12.7. The molecule has 0 N–H and O–H groups in total. The molecule has 0 amide bonds. The van der Waals surface area contributed by atoms with Gasteiger partial charge in [-0.25, -0.2) is 0 Å². The number of alkyl halides is 5. The van der Waals surface area contributed by atoms with Gasteiger partial charge in [-0.1, -0.05) is 18.5 Å². The number of hydrogen-bond donors (Lipinski definition) is 0. The van der Waals surface area contributed by atoms with E-state index in [1.165, 1.54) is 17.1 Å². The van der Waals surface area contributed by atoms with Gasteiger partial charge in [-0.2, -0.15) is 36.6 Å². The van der Waals surface area contributed by atoms with E-state index < -0.39 is 25.1 Å². The molecule has 0 spiro atoms. The van der Waals surface area contributed by atoms with Crippen LogP contribution in [0.25, 0.3) is 11.3 Å². The third-order valence-corrected chi connectivity index (χ3v) is 3.84. The molecule has 6 nitrogen and oxygen atoms in total. The monoisotopic (exact) mass is 427 g/mol. The molecule has 0 radical (unpaired) electrons. The molecule has 0 fully saturated rings. The van der Waals surface area contributed by atoms with E-state index in [2.05, 4.69) is 14.8 Å². The highest BCUT2D eigenvalue weighted by Gasteiger charge is 2.36. The Hall–Kier alpha value is -2.52. The third kappa shape index (κ3) is 6.28. The molecule has 0 bridgehead atoms. The van der Waals surface area contributed by atoms with E-state index in [1.807, 2.05) is 0 Å². The quantitative estimate of drug-likeness (QED) is 0.640. The maximum absolute atomic E-state index is 12.7. The minimum atomic E-state index is -4.41. The minimum absolute atomic E-state index is 0.0112. The van der Waals surface area contributed by atoms with Gasteiger partial charge in [0.1, 0.15) is 5.75 Å². The summed E-state index contributed by atoms with van der Waals surface area (Å²) in [5.41, 5.74) is 0.429. The van der Waals surface area contributed by atoms with Crippen molar-refractivity contribution in [2.75, 3.05) is 0 Å². The normalized spacial score (nSPS) is 12.2. The molecule has 0 aliphatic heterocycles. The molecule has 2 aromatic heterocycles. The van der Waals surface area contributed by atoms with Crippen LogP contribution in [0.3, 0.4) is 0 Å². The number of ether oxygens (including phenoxy) is 1. The molecule has 2 heterocycles. The van der Waals surface area contributed by atoms with Gasteiger partial charge in [-0.05, 0) is 6.92 Å². The van der Waals surface area contributed by atoms with Gasteiger partial charge in [0, 0.05) is 30.9 Å². The van der Waals surface area contributed by atoms with Crippen LogP contribution >= 0.6 is 11.6 Å². The van der Waals surface area contributed by atoms with Crippen LogP contribution in [0.2, 0.25) is 5.02 Å². The Labute approximate surface area is 161 Å². The summed E-state index contributed by atoms with van der Waals surface area (Å²) < 4.78 is 69.5. The van der Waals surface area contributed by atoms with E-state index >= 15 is 0 Å². The number of halogens is 6. The van der Waals surface area contributed by atoms with Gasteiger partial charge in [0.2, 0.25) is 0 Å². The van der Waals surface area contributed by atoms with E-state index in [0.717, 1.165) is 13.0 Å². The van der Waals surface area contributed by atoms with Crippen LogP contribution in [-0.2, 0) is 22.6 Å². The SMILES string of the molecule is CCn1ncc(Cl)c1-c1cnc(C[C@@H](C)C(F)(F)F)cc1OC(F)F.O=C=O. The molecule has 0 saturated carbocycles. The zero-order chi connectivity index (χ0) is 21.5. The zero-order valence-electron chi connectivity index (χ0n) is 14.6. The first kappa shape index (κ1) is 23.5. The summed E-state index contributed by atoms with van der Waals surface area (Å²) in [5.74, 6) is -1.97. The van der Waals surface area contributed by atoms with E-state index in [-0.39, 0.29) is 28.2 Å². The van der Waals surface area contributed by atoms with Gasteiger partial charge < -0.3 is 4.74 Å². The molecule has 0 unspecified atom stereocenters. The lowest BCUT2D eigenvalue weighted by molar-refractivity contribution is -0.191. The predicted octanol–water partition coefficient (Wildman–Crippen LogP) is 4.38. The number of aromatic nitrogens is 3. The van der Waals surface area contributed by atoms with Crippen molar-refractivity contribution in [2.45, 2.75) is 39.6 Å². The zero-order valence-corrected chi connectivity index (χ0v) is 15.4. The van der Waals surface area contributed by atoms with Crippen molar-refractivity contribution in [1.29, 1.82) is 0 Å². The van der Waals surface area contributed by atoms with E-state index in [4.69, 9.17) is 21.2 Å². The summed E-state index contributed by atoms with van der Waals surface area (Å²) in [6.45, 7) is 0.0218. The van der Waals surface area contributed by atoms with Crippen molar-refractivity contribution in [3.8, 4) is 17.0 Å². The molecule has 28 heavy (non-hydrogen) atoms. The highest BCUT2D eigenvalue weighted by molar-refractivity contribution is 6.33. The van der Waals surface area contributed by atoms with Gasteiger partial charge in [0.05, 0.1) is 28.4 Å². The number of nitrogens with zero attached hydrogens (tertiary/aromatic N) is 3. The average Bonchev–Trinajstić information content (AvgIpc) is 2.95. The molecule has 2 aromatic rings. The number of aryl methyl sites for hydroxylation is 1. The van der Waals surface area contributed by atoms with Crippen LogP contribution < -0.4 is 4.74 Å². The van der Waals surface area contributed by atoms with Crippen LogP contribution in [0, 0.1) is 5.92 Å². The van der Waals surface area contributed by atoms with Crippen molar-refractivity contribution in [2.24, 2.45) is 5.92 Å². The molecular formula is C16H15ClF5N3O3. The van der Waals surface area contributed by atoms with Gasteiger partial charge in [0.15, 0.2) is 0 Å². The van der Waals surface area contributed by atoms with E-state index in [9.17, 15) is 22.0 Å². The standard InChI is InChI=1S/C15H15ClF5N3O.CO2/c1-3-24-13(11(16)7-23-24)10-6-22-9(4-8(2)15(19,20)21)5-12(10)25-14(17)18;2-1-3/h5-8,14H,3-4H2,1-2H3;/t8-;/m1./s1. The molecule has 1 atom stereocenters. The molecule has 0 saturated heterocycles. The molecule has 154 valence electrons. The second kappa shape index (κ2) is 10.1. The number of hydrogen-bond acceptors (Lipinski definition) is 5. The Bertz CT molecular complexity index is 820. The smallest absolute Gasteiger partial charge is 0.391 e. The fourth-order valence-corrected chi connectivity index (χ4v) is 2.50. The largest absolute Gasteiger partial charge is 0.434 e. The second-order valence-corrected chi connectivity index (χ2v) is 5.84. The molecule has 0 aliphatic carbocycles. The summed E-state index contributed by atoms with van der Waals surface area (Å²) in [6, 6.07) is 1.08. The first-order chi connectivity index (χ1) is 13.0. The van der Waals surface area contributed by atoms with Gasteiger partial charge >= 0.3 is 18.9 Å². The van der Waals surface area contributed by atoms with Crippen LogP contribution in [-0.4, -0.2) is 33.7 Å². The average molecular weight is 428 g/mol. The summed E-state index contributed by atoms with van der Waals surface area (Å²) in [7, 11) is 0. The maximum Gasteiger partial charge on any atom is 0.391 e. The van der Waals surface area contributed by atoms with Crippen LogP contribution in [0.15, 0.2) is 18.5 Å². The van der Waals surface area contributed by atoms with Gasteiger partial charge in [0.25, 0.3) is 0 Å². The highest BCUT2D eigenvalue weighted by Crippen LogP contribution is 2.36. The first-order valence-corrected chi connectivity index (χ1v) is 8.14. The lowest BCUT2D eigenvalue weighted by Crippen LogP contribution is -2.22. The van der Waals surface area contributed by atoms with Crippen LogP contribution in [0.4, 0.5) is 22.0 Å². The molecule has 0 aromatic carbocycles. The molecule has 12 heteroatoms.